The van der Waals surface area contributed by atoms with Crippen LogP contribution in [0.25, 0.3) is 0 Å². The summed E-state index contributed by atoms with van der Waals surface area (Å²) in [7, 11) is -3.44. The molecule has 0 aliphatic rings. The molecular formula is C21H33N3O6S. The minimum Gasteiger partial charge on any atom is -0.345 e. The van der Waals surface area contributed by atoms with Crippen LogP contribution in [0, 0.1) is 11.3 Å². The summed E-state index contributed by atoms with van der Waals surface area (Å²) in [5.41, 5.74) is 0.0305. The van der Waals surface area contributed by atoms with Crippen molar-refractivity contribution in [2.45, 2.75) is 53.0 Å². The summed E-state index contributed by atoms with van der Waals surface area (Å²) in [6.45, 7) is 7.27. The summed E-state index contributed by atoms with van der Waals surface area (Å²) >= 11 is 0. The number of sulfonamides is 1. The first kappa shape index (κ1) is 26.6. The van der Waals surface area contributed by atoms with Crippen molar-refractivity contribution in [3.05, 3.63) is 29.8 Å². The van der Waals surface area contributed by atoms with Crippen LogP contribution in [0.5, 0.6) is 0 Å². The SMILES string of the molecule is CCCC[C@H](CN(O)C=O)C(=O)N[C@H](C(=O)c1ccc(NS(C)(=O)=O)cc1)C(C)(C)C. The Balaban J connectivity index is 3.07. The van der Waals surface area contributed by atoms with Crippen molar-refractivity contribution in [3.63, 3.8) is 0 Å². The van der Waals surface area contributed by atoms with E-state index in [1.54, 1.807) is 0 Å². The quantitative estimate of drug-likeness (QED) is 0.192. The number of carbonyl (C=O) groups excluding carboxylic acids is 3. The second-order valence-corrected chi connectivity index (χ2v) is 10.4. The first-order valence-electron chi connectivity index (χ1n) is 10.1. The molecule has 1 aromatic rings. The molecule has 1 aromatic carbocycles. The van der Waals surface area contributed by atoms with Crippen molar-refractivity contribution < 1.29 is 28.0 Å². The van der Waals surface area contributed by atoms with Gasteiger partial charge in [0, 0.05) is 11.3 Å². The highest BCUT2D eigenvalue weighted by molar-refractivity contribution is 7.92. The molecule has 174 valence electrons. The minimum absolute atomic E-state index is 0.160. The summed E-state index contributed by atoms with van der Waals surface area (Å²) in [5.74, 6) is -1.40. The Morgan fingerprint density at radius 2 is 1.77 bits per heavy atom. The first-order valence-corrected chi connectivity index (χ1v) is 12.0. The van der Waals surface area contributed by atoms with Crippen molar-refractivity contribution in [3.8, 4) is 0 Å². The van der Waals surface area contributed by atoms with Gasteiger partial charge in [-0.1, -0.05) is 40.5 Å². The highest BCUT2D eigenvalue weighted by atomic mass is 32.2. The zero-order valence-electron chi connectivity index (χ0n) is 18.7. The third-order valence-corrected chi connectivity index (χ3v) is 5.30. The zero-order valence-corrected chi connectivity index (χ0v) is 19.5. The number of hydroxylamine groups is 2. The number of benzene rings is 1. The molecule has 0 unspecified atom stereocenters. The number of amides is 2. The molecule has 31 heavy (non-hydrogen) atoms. The van der Waals surface area contributed by atoms with E-state index >= 15 is 0 Å². The van der Waals surface area contributed by atoms with Crippen molar-refractivity contribution >= 4 is 33.8 Å². The molecule has 0 bridgehead atoms. The first-order chi connectivity index (χ1) is 14.3. The molecule has 0 heterocycles. The summed E-state index contributed by atoms with van der Waals surface area (Å²) in [4.78, 5) is 36.9. The Kier molecular flexibility index (Phi) is 9.64. The Labute approximate surface area is 184 Å². The normalized spacial score (nSPS) is 13.7. The lowest BCUT2D eigenvalue weighted by molar-refractivity contribution is -0.154. The summed E-state index contributed by atoms with van der Waals surface area (Å²) in [6.07, 6.45) is 3.30. The van der Waals surface area contributed by atoms with Crippen LogP contribution in [0.15, 0.2) is 24.3 Å². The number of unbranched alkanes of at least 4 members (excludes halogenated alkanes) is 1. The van der Waals surface area contributed by atoms with E-state index in [4.69, 9.17) is 0 Å². The van der Waals surface area contributed by atoms with Crippen LogP contribution in [-0.4, -0.2) is 55.6 Å². The molecule has 0 aromatic heterocycles. The molecule has 0 fully saturated rings. The fraction of sp³-hybridized carbons (Fsp3) is 0.571. The number of hydrogen-bond donors (Lipinski definition) is 3. The van der Waals surface area contributed by atoms with Gasteiger partial charge in [-0.05, 0) is 36.1 Å². The van der Waals surface area contributed by atoms with Gasteiger partial charge in [0.1, 0.15) is 0 Å². The maximum absolute atomic E-state index is 13.2. The van der Waals surface area contributed by atoms with Gasteiger partial charge in [0.05, 0.1) is 24.8 Å². The number of Topliss-reactive ketones (excluding diaryl/α,β-unsaturated/α-hetero) is 1. The van der Waals surface area contributed by atoms with Gasteiger partial charge in [-0.15, -0.1) is 0 Å². The average Bonchev–Trinajstić information content (AvgIpc) is 2.66. The molecular weight excluding hydrogens is 422 g/mol. The molecule has 2 atom stereocenters. The molecule has 0 radical (unpaired) electrons. The fourth-order valence-corrected chi connectivity index (χ4v) is 3.61. The average molecular weight is 456 g/mol. The van der Waals surface area contributed by atoms with E-state index in [2.05, 4.69) is 10.0 Å². The second kappa shape index (κ2) is 11.2. The van der Waals surface area contributed by atoms with Crippen LogP contribution in [0.1, 0.15) is 57.3 Å². The molecule has 0 aliphatic carbocycles. The molecule has 0 saturated heterocycles. The lowest BCUT2D eigenvalue weighted by Crippen LogP contribution is -2.52. The minimum atomic E-state index is -3.44. The molecule has 3 N–H and O–H groups in total. The Bertz CT molecular complexity index is 862. The van der Waals surface area contributed by atoms with E-state index in [-0.39, 0.29) is 18.7 Å². The van der Waals surface area contributed by atoms with Crippen molar-refractivity contribution in [1.82, 2.24) is 10.4 Å². The van der Waals surface area contributed by atoms with Gasteiger partial charge in [-0.3, -0.25) is 24.3 Å². The van der Waals surface area contributed by atoms with Gasteiger partial charge < -0.3 is 5.32 Å². The fourth-order valence-electron chi connectivity index (χ4n) is 3.04. The number of hydrogen-bond acceptors (Lipinski definition) is 6. The lowest BCUT2D eigenvalue weighted by atomic mass is 9.81. The molecule has 9 nitrogen and oxygen atoms in total. The maximum atomic E-state index is 13.2. The van der Waals surface area contributed by atoms with Gasteiger partial charge in [-0.2, -0.15) is 0 Å². The van der Waals surface area contributed by atoms with Crippen molar-refractivity contribution in [2.75, 3.05) is 17.5 Å². The lowest BCUT2D eigenvalue weighted by Gasteiger charge is -2.32. The van der Waals surface area contributed by atoms with Gasteiger partial charge in [0.25, 0.3) is 0 Å². The molecule has 10 heteroatoms. The van der Waals surface area contributed by atoms with Crippen LogP contribution in [0.3, 0.4) is 0 Å². The Morgan fingerprint density at radius 1 is 1.19 bits per heavy atom. The van der Waals surface area contributed by atoms with E-state index in [9.17, 15) is 28.0 Å². The number of carbonyl (C=O) groups is 3. The van der Waals surface area contributed by atoms with E-state index in [0.717, 1.165) is 19.1 Å². The van der Waals surface area contributed by atoms with Crippen LogP contribution in [-0.2, 0) is 19.6 Å². The predicted molar refractivity (Wildman–Crippen MR) is 118 cm³/mol. The van der Waals surface area contributed by atoms with Crippen molar-refractivity contribution in [2.24, 2.45) is 11.3 Å². The molecule has 1 rings (SSSR count). The van der Waals surface area contributed by atoms with E-state index < -0.39 is 33.3 Å². The number of nitrogens with one attached hydrogen (secondary N) is 2. The molecule has 2 amide bonds. The molecule has 0 saturated carbocycles. The third kappa shape index (κ3) is 9.06. The highest BCUT2D eigenvalue weighted by Gasteiger charge is 2.35. The monoisotopic (exact) mass is 455 g/mol. The van der Waals surface area contributed by atoms with Crippen LogP contribution >= 0.6 is 0 Å². The predicted octanol–water partition coefficient (Wildman–Crippen LogP) is 2.43. The number of nitrogens with zero attached hydrogens (tertiary/aromatic N) is 1. The van der Waals surface area contributed by atoms with Crippen LogP contribution in [0.4, 0.5) is 5.69 Å². The van der Waals surface area contributed by atoms with Gasteiger partial charge >= 0.3 is 0 Å². The second-order valence-electron chi connectivity index (χ2n) is 8.69. The third-order valence-electron chi connectivity index (χ3n) is 4.69. The number of anilines is 1. The summed E-state index contributed by atoms with van der Waals surface area (Å²) in [6, 6.07) is 5.09. The van der Waals surface area contributed by atoms with E-state index in [1.807, 2.05) is 27.7 Å². The van der Waals surface area contributed by atoms with Gasteiger partial charge in [0.15, 0.2) is 5.78 Å². The molecule has 0 spiro atoms. The Hall–Kier alpha value is -2.46. The van der Waals surface area contributed by atoms with Gasteiger partial charge in [-0.25, -0.2) is 13.5 Å². The standard InChI is InChI=1S/C21H33N3O6S/c1-6-7-8-16(13-24(28)14-25)20(27)22-19(21(2,3)4)18(26)15-9-11-17(12-10-15)23-31(5,29)30/h9-12,14,16,19,23,28H,6-8,13H2,1-5H3,(H,22,27)/t16-,19-/m1/s1. The van der Waals surface area contributed by atoms with Crippen LogP contribution in [0.2, 0.25) is 0 Å². The summed E-state index contributed by atoms with van der Waals surface area (Å²) < 4.78 is 25.0. The topological polar surface area (TPSA) is 133 Å². The summed E-state index contributed by atoms with van der Waals surface area (Å²) in [5, 5.41) is 12.8. The Morgan fingerprint density at radius 3 is 2.23 bits per heavy atom. The molecule has 0 aliphatic heterocycles. The largest absolute Gasteiger partial charge is 0.345 e. The van der Waals surface area contributed by atoms with Crippen molar-refractivity contribution in [1.29, 1.82) is 0 Å². The van der Waals surface area contributed by atoms with E-state index in [0.29, 0.717) is 22.7 Å². The van der Waals surface area contributed by atoms with Crippen LogP contribution < -0.4 is 10.0 Å². The van der Waals surface area contributed by atoms with Gasteiger partial charge in [0.2, 0.25) is 22.3 Å². The number of rotatable bonds is 12. The smallest absolute Gasteiger partial charge is 0.233 e. The van der Waals surface area contributed by atoms with E-state index in [1.165, 1.54) is 24.3 Å². The maximum Gasteiger partial charge on any atom is 0.233 e. The number of ketones is 1. The highest BCUT2D eigenvalue weighted by Crippen LogP contribution is 2.24. The zero-order chi connectivity index (χ0) is 23.8.